The quantitative estimate of drug-likeness (QED) is 0.246. The topological polar surface area (TPSA) is 26.0 Å². The zero-order valence-corrected chi connectivity index (χ0v) is 16.8. The number of hydrogen-bond acceptors (Lipinski definition) is 1. The minimum atomic E-state index is 0.867. The van der Waals surface area contributed by atoms with Crippen molar-refractivity contribution < 1.29 is 4.48 Å². The van der Waals surface area contributed by atoms with Crippen LogP contribution in [0.25, 0.3) is 0 Å². The summed E-state index contributed by atoms with van der Waals surface area (Å²) in [6, 6.07) is 0. The minimum Gasteiger partial charge on any atom is -0.330 e. The third kappa shape index (κ3) is 12.9. The summed E-state index contributed by atoms with van der Waals surface area (Å²) in [5, 5.41) is 0. The molecular formula is C21H47N2+. The molecule has 23 heavy (non-hydrogen) atoms. The van der Waals surface area contributed by atoms with Crippen molar-refractivity contribution in [3.05, 3.63) is 0 Å². The predicted octanol–water partition coefficient (Wildman–Crippen LogP) is 5.89. The molecule has 0 saturated heterocycles. The highest BCUT2D eigenvalue weighted by atomic mass is 15.3. The Bertz CT molecular complexity index is 206. The van der Waals surface area contributed by atoms with E-state index in [2.05, 4.69) is 20.8 Å². The monoisotopic (exact) mass is 327 g/mol. The summed E-state index contributed by atoms with van der Waals surface area (Å²) in [6.45, 7) is 13.6. The maximum atomic E-state index is 5.56. The Labute approximate surface area is 147 Å². The van der Waals surface area contributed by atoms with E-state index in [4.69, 9.17) is 5.73 Å². The van der Waals surface area contributed by atoms with Crippen LogP contribution in [0.1, 0.15) is 104 Å². The molecule has 0 aliphatic rings. The maximum absolute atomic E-state index is 5.56. The van der Waals surface area contributed by atoms with Crippen molar-refractivity contribution in [2.75, 3.05) is 32.7 Å². The van der Waals surface area contributed by atoms with Gasteiger partial charge in [0.1, 0.15) is 0 Å². The molecule has 0 bridgehead atoms. The third-order valence-electron chi connectivity index (χ3n) is 5.29. The molecule has 0 unspecified atom stereocenters. The van der Waals surface area contributed by atoms with Crippen LogP contribution in [0.15, 0.2) is 0 Å². The molecule has 2 heteroatoms. The second kappa shape index (κ2) is 16.8. The van der Waals surface area contributed by atoms with Gasteiger partial charge < -0.3 is 10.2 Å². The molecule has 0 aliphatic heterocycles. The van der Waals surface area contributed by atoms with Gasteiger partial charge in [0, 0.05) is 0 Å². The largest absolute Gasteiger partial charge is 0.330 e. The summed E-state index contributed by atoms with van der Waals surface area (Å²) in [6.07, 6.45) is 17.9. The van der Waals surface area contributed by atoms with E-state index < -0.39 is 0 Å². The van der Waals surface area contributed by atoms with Gasteiger partial charge in [-0.05, 0) is 45.1 Å². The molecule has 0 heterocycles. The smallest absolute Gasteiger partial charge is 0.0786 e. The number of nitrogens with zero attached hydrogens (tertiary/aromatic N) is 1. The van der Waals surface area contributed by atoms with Gasteiger partial charge in [0.2, 0.25) is 0 Å². The molecule has 0 saturated carbocycles. The maximum Gasteiger partial charge on any atom is 0.0786 e. The van der Waals surface area contributed by atoms with Gasteiger partial charge in [-0.2, -0.15) is 0 Å². The Balaban J connectivity index is 4.14. The molecule has 0 aliphatic carbocycles. The average Bonchev–Trinajstić information content (AvgIpc) is 2.58. The minimum absolute atomic E-state index is 0.867. The molecule has 0 aromatic rings. The van der Waals surface area contributed by atoms with Gasteiger partial charge in [-0.3, -0.25) is 0 Å². The lowest BCUT2D eigenvalue weighted by Crippen LogP contribution is -2.50. The molecule has 0 aromatic carbocycles. The van der Waals surface area contributed by atoms with E-state index in [1.54, 1.807) is 0 Å². The van der Waals surface area contributed by atoms with Crippen molar-refractivity contribution in [1.29, 1.82) is 0 Å². The molecule has 0 amide bonds. The molecule has 140 valence electrons. The number of hydrogen-bond donors (Lipinski definition) is 1. The van der Waals surface area contributed by atoms with E-state index in [0.717, 1.165) is 6.54 Å². The van der Waals surface area contributed by atoms with E-state index in [9.17, 15) is 0 Å². The van der Waals surface area contributed by atoms with Gasteiger partial charge >= 0.3 is 0 Å². The van der Waals surface area contributed by atoms with Gasteiger partial charge in [0.25, 0.3) is 0 Å². The molecule has 2 N–H and O–H groups in total. The lowest BCUT2D eigenvalue weighted by Gasteiger charge is -2.39. The lowest BCUT2D eigenvalue weighted by molar-refractivity contribution is -0.929. The van der Waals surface area contributed by atoms with Crippen LogP contribution in [-0.4, -0.2) is 37.2 Å². The van der Waals surface area contributed by atoms with Gasteiger partial charge in [-0.1, -0.05) is 65.7 Å². The predicted molar refractivity (Wildman–Crippen MR) is 106 cm³/mol. The highest BCUT2D eigenvalue weighted by molar-refractivity contribution is 4.52. The average molecular weight is 328 g/mol. The molecule has 0 fully saturated rings. The molecule has 0 atom stereocenters. The highest BCUT2D eigenvalue weighted by Crippen LogP contribution is 2.17. The highest BCUT2D eigenvalue weighted by Gasteiger charge is 2.24. The lowest BCUT2D eigenvalue weighted by atomic mass is 10.1. The van der Waals surface area contributed by atoms with Crippen molar-refractivity contribution in [2.45, 2.75) is 104 Å². The summed E-state index contributed by atoms with van der Waals surface area (Å²) in [4.78, 5) is 0. The third-order valence-corrected chi connectivity index (χ3v) is 5.29. The van der Waals surface area contributed by atoms with E-state index in [0.29, 0.717) is 0 Å². The Kier molecular flexibility index (Phi) is 16.7. The summed E-state index contributed by atoms with van der Waals surface area (Å²) >= 11 is 0. The number of quaternary nitrogens is 1. The Morgan fingerprint density at radius 2 is 0.826 bits per heavy atom. The van der Waals surface area contributed by atoms with Crippen LogP contribution in [0.5, 0.6) is 0 Å². The van der Waals surface area contributed by atoms with E-state index >= 15 is 0 Å². The van der Waals surface area contributed by atoms with Crippen LogP contribution in [0.4, 0.5) is 0 Å². The van der Waals surface area contributed by atoms with Crippen LogP contribution < -0.4 is 5.73 Å². The van der Waals surface area contributed by atoms with Gasteiger partial charge in [0.15, 0.2) is 0 Å². The summed E-state index contributed by atoms with van der Waals surface area (Å²) in [7, 11) is 0. The number of rotatable bonds is 18. The number of unbranched alkanes of at least 4 members (excludes halogenated alkanes) is 9. The Hall–Kier alpha value is -0.0800. The van der Waals surface area contributed by atoms with Crippen LogP contribution in [-0.2, 0) is 0 Å². The van der Waals surface area contributed by atoms with E-state index in [1.807, 2.05) is 0 Å². The normalized spacial score (nSPS) is 12.0. The Morgan fingerprint density at radius 3 is 1.22 bits per heavy atom. The van der Waals surface area contributed by atoms with Crippen molar-refractivity contribution in [2.24, 2.45) is 5.73 Å². The second-order valence-corrected chi connectivity index (χ2v) is 7.56. The van der Waals surface area contributed by atoms with Gasteiger partial charge in [0.05, 0.1) is 26.2 Å². The second-order valence-electron chi connectivity index (χ2n) is 7.56. The molecule has 0 radical (unpaired) electrons. The van der Waals surface area contributed by atoms with Crippen molar-refractivity contribution in [3.8, 4) is 0 Å². The molecule has 2 nitrogen and oxygen atoms in total. The molecule has 0 spiro atoms. The van der Waals surface area contributed by atoms with Crippen molar-refractivity contribution >= 4 is 0 Å². The van der Waals surface area contributed by atoms with Gasteiger partial charge in [-0.25, -0.2) is 0 Å². The summed E-state index contributed by atoms with van der Waals surface area (Å²) in [5.74, 6) is 0. The summed E-state index contributed by atoms with van der Waals surface area (Å²) in [5.41, 5.74) is 5.56. The fourth-order valence-electron chi connectivity index (χ4n) is 3.63. The van der Waals surface area contributed by atoms with E-state index in [-0.39, 0.29) is 0 Å². The first kappa shape index (κ1) is 22.9. The van der Waals surface area contributed by atoms with Gasteiger partial charge in [-0.15, -0.1) is 0 Å². The number of nitrogens with two attached hydrogens (primary N) is 1. The summed E-state index contributed by atoms with van der Waals surface area (Å²) < 4.78 is 1.42. The zero-order chi connectivity index (χ0) is 17.2. The molecule has 0 aromatic heterocycles. The first-order valence-corrected chi connectivity index (χ1v) is 10.8. The standard InChI is InChI=1S/C21H47N2/c1-4-7-18-23(19-8-5-2,20-9-6-3)21-16-14-12-10-11-13-15-17-22/h4-22H2,1-3H3/q+1. The molecular weight excluding hydrogens is 280 g/mol. The molecule has 0 rings (SSSR count). The van der Waals surface area contributed by atoms with Crippen LogP contribution >= 0.6 is 0 Å². The van der Waals surface area contributed by atoms with Crippen molar-refractivity contribution in [1.82, 2.24) is 0 Å². The van der Waals surface area contributed by atoms with Crippen LogP contribution in [0, 0.1) is 0 Å². The van der Waals surface area contributed by atoms with Crippen LogP contribution in [0.3, 0.4) is 0 Å². The first-order valence-electron chi connectivity index (χ1n) is 10.8. The zero-order valence-electron chi connectivity index (χ0n) is 16.8. The fraction of sp³-hybridized carbons (Fsp3) is 1.00. The first-order chi connectivity index (χ1) is 11.2. The van der Waals surface area contributed by atoms with Crippen LogP contribution in [0.2, 0.25) is 0 Å². The van der Waals surface area contributed by atoms with Crippen molar-refractivity contribution in [3.63, 3.8) is 0 Å². The SMILES string of the molecule is CCCC[N+](CCCC)(CCCC)CCCCCCCCCN. The Morgan fingerprint density at radius 1 is 0.478 bits per heavy atom. The fourth-order valence-corrected chi connectivity index (χ4v) is 3.63. The van der Waals surface area contributed by atoms with E-state index in [1.165, 1.54) is 114 Å².